The Balaban J connectivity index is 1.79. The second-order valence-corrected chi connectivity index (χ2v) is 11.5. The van der Waals surface area contributed by atoms with Gasteiger partial charge in [-0.1, -0.05) is 42.6 Å². The third-order valence-corrected chi connectivity index (χ3v) is 9.58. The van der Waals surface area contributed by atoms with Gasteiger partial charge in [-0.15, -0.1) is 0 Å². The maximum atomic E-state index is 17.2. The number of ketones is 1. The van der Waals surface area contributed by atoms with Crippen molar-refractivity contribution in [3.05, 3.63) is 11.6 Å². The molecule has 0 bridgehead atoms. The van der Waals surface area contributed by atoms with E-state index in [4.69, 9.17) is 32.7 Å². The van der Waals surface area contributed by atoms with E-state index in [1.165, 1.54) is 0 Å². The van der Waals surface area contributed by atoms with Gasteiger partial charge in [-0.2, -0.15) is 0 Å². The van der Waals surface area contributed by atoms with Crippen LogP contribution >= 0.6 is 23.2 Å². The summed E-state index contributed by atoms with van der Waals surface area (Å²) in [7, 11) is 0. The number of hydrogen-bond acceptors (Lipinski definition) is 6. The molecule has 3 fully saturated rings. The molecule has 0 aromatic rings. The van der Waals surface area contributed by atoms with Crippen molar-refractivity contribution in [3.8, 4) is 0 Å². The van der Waals surface area contributed by atoms with E-state index in [1.54, 1.807) is 19.9 Å². The fraction of sp³-hybridized carbons (Fsp3) is 0.792. The SMILES string of the molecule is CCOC(=O)C1(OC(=O)C(Cl)Cl)CC[C@H]2[C@@H]3CCC4=CC(=O)CC[C@]4(C)[C@]3(F)C(O)C[C@@]21C. The van der Waals surface area contributed by atoms with Crippen LogP contribution in [0.4, 0.5) is 4.39 Å². The highest BCUT2D eigenvalue weighted by Crippen LogP contribution is 2.71. The number of rotatable bonds is 4. The number of carbonyl (C=O) groups excluding carboxylic acids is 3. The largest absolute Gasteiger partial charge is 0.463 e. The Hall–Kier alpha value is -1.18. The molecule has 0 saturated heterocycles. The zero-order valence-corrected chi connectivity index (χ0v) is 20.7. The van der Waals surface area contributed by atoms with Crippen molar-refractivity contribution < 1.29 is 33.4 Å². The first-order valence-corrected chi connectivity index (χ1v) is 12.5. The molecule has 4 aliphatic carbocycles. The summed E-state index contributed by atoms with van der Waals surface area (Å²) < 4.78 is 28.2. The first-order chi connectivity index (χ1) is 15.4. The van der Waals surface area contributed by atoms with Gasteiger partial charge in [-0.05, 0) is 57.4 Å². The molecule has 0 aliphatic heterocycles. The van der Waals surface area contributed by atoms with Gasteiger partial charge in [0, 0.05) is 23.2 Å². The maximum absolute atomic E-state index is 17.2. The van der Waals surface area contributed by atoms with E-state index in [1.807, 2.05) is 6.92 Å². The van der Waals surface area contributed by atoms with Gasteiger partial charge in [0.2, 0.25) is 10.4 Å². The molecule has 1 N–H and O–H groups in total. The summed E-state index contributed by atoms with van der Waals surface area (Å²) in [5.74, 6) is -2.61. The molecular weight excluding hydrogens is 474 g/mol. The van der Waals surface area contributed by atoms with Gasteiger partial charge in [0.15, 0.2) is 5.78 Å². The lowest BCUT2D eigenvalue weighted by atomic mass is 9.44. The molecule has 0 amide bonds. The van der Waals surface area contributed by atoms with Gasteiger partial charge in [0.05, 0.1) is 12.7 Å². The molecule has 7 atom stereocenters. The number of esters is 2. The number of aliphatic hydroxyl groups is 1. The summed E-state index contributed by atoms with van der Waals surface area (Å²) in [6, 6.07) is 0. The number of halogens is 3. The topological polar surface area (TPSA) is 89.9 Å². The molecule has 33 heavy (non-hydrogen) atoms. The number of allylic oxidation sites excluding steroid dienone is 1. The number of fused-ring (bicyclic) bond motifs is 5. The molecule has 4 aliphatic rings. The monoisotopic (exact) mass is 504 g/mol. The molecule has 2 unspecified atom stereocenters. The van der Waals surface area contributed by atoms with Crippen LogP contribution in [0.1, 0.15) is 65.7 Å². The van der Waals surface area contributed by atoms with E-state index in [0.717, 1.165) is 5.57 Å². The lowest BCUT2D eigenvalue weighted by Gasteiger charge is -2.63. The summed E-state index contributed by atoms with van der Waals surface area (Å²) in [5.41, 5.74) is -4.95. The van der Waals surface area contributed by atoms with Crippen LogP contribution in [0.25, 0.3) is 0 Å². The molecule has 3 saturated carbocycles. The molecule has 6 nitrogen and oxygen atoms in total. The standard InChI is InChI=1S/C24H31Cl2FO6/c1-4-32-20(31)23(33-19(30)18(25)26)10-8-15-16-6-5-13-11-14(28)7-9-21(13,2)24(16,27)17(29)12-22(15,23)3/h11,15-18,29H,4-10,12H2,1-3H3/t15-,16-,17?,21-,22-,23?,24+/m0/s1. The quantitative estimate of drug-likeness (QED) is 0.455. The van der Waals surface area contributed by atoms with E-state index in [0.29, 0.717) is 25.7 Å². The van der Waals surface area contributed by atoms with Gasteiger partial charge < -0.3 is 14.6 Å². The van der Waals surface area contributed by atoms with E-state index in [2.05, 4.69) is 0 Å². The second kappa shape index (κ2) is 8.20. The van der Waals surface area contributed by atoms with Crippen LogP contribution in [0.5, 0.6) is 0 Å². The van der Waals surface area contributed by atoms with Crippen LogP contribution in [0.15, 0.2) is 11.6 Å². The van der Waals surface area contributed by atoms with E-state index in [9.17, 15) is 19.5 Å². The van der Waals surface area contributed by atoms with Crippen molar-refractivity contribution in [3.63, 3.8) is 0 Å². The van der Waals surface area contributed by atoms with Gasteiger partial charge in [-0.3, -0.25) is 4.79 Å². The third-order valence-electron chi connectivity index (χ3n) is 9.22. The Bertz CT molecular complexity index is 907. The Morgan fingerprint density at radius 2 is 1.91 bits per heavy atom. The van der Waals surface area contributed by atoms with E-state index < -0.39 is 50.9 Å². The second-order valence-electron chi connectivity index (χ2n) is 10.4. The minimum atomic E-state index is -1.96. The summed E-state index contributed by atoms with van der Waals surface area (Å²) in [4.78, 5) is 36.3. The van der Waals surface area contributed by atoms with Gasteiger partial charge in [0.25, 0.3) is 0 Å². The Morgan fingerprint density at radius 1 is 1.21 bits per heavy atom. The van der Waals surface area contributed by atoms with Crippen molar-refractivity contribution >= 4 is 40.9 Å². The fourth-order valence-corrected chi connectivity index (χ4v) is 7.66. The van der Waals surface area contributed by atoms with E-state index in [-0.39, 0.29) is 37.6 Å². The zero-order chi connectivity index (χ0) is 24.4. The summed E-state index contributed by atoms with van der Waals surface area (Å²) in [5, 5.41) is 11.4. The molecular formula is C24H31Cl2FO6. The lowest BCUT2D eigenvalue weighted by molar-refractivity contribution is -0.238. The van der Waals surface area contributed by atoms with Crippen molar-refractivity contribution in [2.45, 2.75) is 87.9 Å². The highest BCUT2D eigenvalue weighted by Gasteiger charge is 2.76. The Labute approximate surface area is 203 Å². The molecule has 4 rings (SSSR count). The smallest absolute Gasteiger partial charge is 0.351 e. The number of carbonyl (C=O) groups is 3. The lowest BCUT2D eigenvalue weighted by Crippen LogP contribution is -2.70. The number of hydrogen-bond donors (Lipinski definition) is 1. The predicted octanol–water partition coefficient (Wildman–Crippen LogP) is 4.23. The normalized spacial score (nSPS) is 44.4. The molecule has 0 aromatic heterocycles. The van der Waals surface area contributed by atoms with Crippen LogP contribution in [0, 0.1) is 22.7 Å². The average molecular weight is 505 g/mol. The maximum Gasteiger partial charge on any atom is 0.351 e. The molecule has 0 aromatic carbocycles. The van der Waals surface area contributed by atoms with Crippen LogP contribution in [0.3, 0.4) is 0 Å². The van der Waals surface area contributed by atoms with Gasteiger partial charge in [0.1, 0.15) is 5.67 Å². The summed E-state index contributed by atoms with van der Waals surface area (Å²) in [6.07, 6.45) is 2.17. The minimum Gasteiger partial charge on any atom is -0.463 e. The molecule has 184 valence electrons. The Morgan fingerprint density at radius 3 is 2.55 bits per heavy atom. The van der Waals surface area contributed by atoms with Crippen molar-refractivity contribution in [1.29, 1.82) is 0 Å². The molecule has 9 heteroatoms. The third kappa shape index (κ3) is 3.24. The van der Waals surface area contributed by atoms with Crippen LogP contribution < -0.4 is 0 Å². The number of aliphatic hydroxyl groups excluding tert-OH is 1. The average Bonchev–Trinajstić information content (AvgIpc) is 3.02. The number of alkyl halides is 3. The van der Waals surface area contributed by atoms with Crippen molar-refractivity contribution in [2.24, 2.45) is 22.7 Å². The Kier molecular flexibility index (Phi) is 6.19. The van der Waals surface area contributed by atoms with Crippen LogP contribution in [0.2, 0.25) is 0 Å². The molecule has 0 spiro atoms. The van der Waals surface area contributed by atoms with Gasteiger partial charge in [-0.25, -0.2) is 14.0 Å². The van der Waals surface area contributed by atoms with Crippen molar-refractivity contribution in [2.75, 3.05) is 6.61 Å². The predicted molar refractivity (Wildman–Crippen MR) is 119 cm³/mol. The molecule has 0 radical (unpaired) electrons. The first-order valence-electron chi connectivity index (χ1n) is 11.7. The zero-order valence-electron chi connectivity index (χ0n) is 19.2. The van der Waals surface area contributed by atoms with Crippen LogP contribution in [-0.4, -0.2) is 51.6 Å². The first kappa shape index (κ1) is 24.9. The number of ether oxygens (including phenoxy) is 2. The highest BCUT2D eigenvalue weighted by molar-refractivity contribution is 6.53. The van der Waals surface area contributed by atoms with Gasteiger partial charge >= 0.3 is 11.9 Å². The summed E-state index contributed by atoms with van der Waals surface area (Å²) >= 11 is 11.5. The molecule has 0 heterocycles. The van der Waals surface area contributed by atoms with Crippen LogP contribution in [-0.2, 0) is 23.9 Å². The van der Waals surface area contributed by atoms with E-state index >= 15 is 4.39 Å². The highest BCUT2D eigenvalue weighted by atomic mass is 35.5. The minimum absolute atomic E-state index is 0.00882. The fourth-order valence-electron chi connectivity index (χ4n) is 7.57. The van der Waals surface area contributed by atoms with Crippen molar-refractivity contribution in [1.82, 2.24) is 0 Å². The summed E-state index contributed by atoms with van der Waals surface area (Å²) in [6.45, 7) is 5.30.